The van der Waals surface area contributed by atoms with E-state index < -0.39 is 5.92 Å². The summed E-state index contributed by atoms with van der Waals surface area (Å²) in [4.78, 5) is 25.4. The minimum Gasteiger partial charge on any atom is -0.299 e. The molecule has 1 aliphatic carbocycles. The molecule has 2 rings (SSSR count). The average Bonchev–Trinajstić information content (AvgIpc) is 2.40. The van der Waals surface area contributed by atoms with Crippen molar-refractivity contribution in [1.29, 1.82) is 0 Å². The number of carbonyl (C=O) groups is 2. The molecule has 0 atom stereocenters. The Morgan fingerprint density at radius 2 is 1.38 bits per heavy atom. The fourth-order valence-electron chi connectivity index (χ4n) is 3.90. The van der Waals surface area contributed by atoms with E-state index in [9.17, 15) is 9.59 Å². The second-order valence-electron chi connectivity index (χ2n) is 6.74. The highest BCUT2D eigenvalue weighted by Gasteiger charge is 2.44. The Bertz CT molecular complexity index is 536. The Morgan fingerprint density at radius 1 is 0.952 bits per heavy atom. The van der Waals surface area contributed by atoms with Crippen molar-refractivity contribution in [3.63, 3.8) is 0 Å². The van der Waals surface area contributed by atoms with Gasteiger partial charge in [-0.1, -0.05) is 31.5 Å². The van der Waals surface area contributed by atoms with Crippen LogP contribution in [0.3, 0.4) is 0 Å². The molecular formula is C19H26O2. The standard InChI is InChI=1S/C19H26O2/c1-6-19(7-2)10-15(20)18(16(21)11-19)17-13(4)8-12(3)9-14(17)5/h8-9,18H,6-7,10-11H2,1-5H3. The third kappa shape index (κ3) is 2.81. The molecule has 1 fully saturated rings. The zero-order chi connectivity index (χ0) is 15.8. The van der Waals surface area contributed by atoms with Crippen LogP contribution in [0.1, 0.15) is 67.7 Å². The van der Waals surface area contributed by atoms with Crippen molar-refractivity contribution in [2.45, 2.75) is 66.2 Å². The molecule has 0 spiro atoms. The Kier molecular flexibility index (Phi) is 4.36. The number of aryl methyl sites for hydroxylation is 3. The van der Waals surface area contributed by atoms with E-state index in [1.54, 1.807) is 0 Å². The molecule has 0 saturated heterocycles. The van der Waals surface area contributed by atoms with E-state index >= 15 is 0 Å². The van der Waals surface area contributed by atoms with Crippen LogP contribution in [0, 0.1) is 26.2 Å². The number of hydrogen-bond acceptors (Lipinski definition) is 2. The third-order valence-electron chi connectivity index (χ3n) is 5.27. The lowest BCUT2D eigenvalue weighted by Crippen LogP contribution is -2.39. The number of hydrogen-bond donors (Lipinski definition) is 0. The van der Waals surface area contributed by atoms with Crippen LogP contribution in [0.2, 0.25) is 0 Å². The Hall–Kier alpha value is -1.44. The smallest absolute Gasteiger partial charge is 0.148 e. The minimum atomic E-state index is -0.531. The molecule has 0 bridgehead atoms. The lowest BCUT2D eigenvalue weighted by molar-refractivity contribution is -0.137. The van der Waals surface area contributed by atoms with Gasteiger partial charge in [-0.15, -0.1) is 0 Å². The van der Waals surface area contributed by atoms with Crippen LogP contribution in [-0.2, 0) is 9.59 Å². The number of Topliss-reactive ketones (excluding diaryl/α,β-unsaturated/α-hetero) is 2. The van der Waals surface area contributed by atoms with Crippen molar-refractivity contribution >= 4 is 11.6 Å². The zero-order valence-electron chi connectivity index (χ0n) is 13.9. The Labute approximate surface area is 127 Å². The van der Waals surface area contributed by atoms with Gasteiger partial charge in [0.05, 0.1) is 0 Å². The van der Waals surface area contributed by atoms with Crippen LogP contribution in [0.25, 0.3) is 0 Å². The molecule has 1 saturated carbocycles. The van der Waals surface area contributed by atoms with Crippen LogP contribution in [0.5, 0.6) is 0 Å². The Balaban J connectivity index is 2.44. The highest BCUT2D eigenvalue weighted by atomic mass is 16.2. The molecule has 0 radical (unpaired) electrons. The molecule has 0 heterocycles. The van der Waals surface area contributed by atoms with E-state index in [4.69, 9.17) is 0 Å². The van der Waals surface area contributed by atoms with Crippen LogP contribution < -0.4 is 0 Å². The summed E-state index contributed by atoms with van der Waals surface area (Å²) in [7, 11) is 0. The van der Waals surface area contributed by atoms with Crippen LogP contribution in [-0.4, -0.2) is 11.6 Å². The quantitative estimate of drug-likeness (QED) is 0.770. The molecule has 21 heavy (non-hydrogen) atoms. The zero-order valence-corrected chi connectivity index (χ0v) is 13.9. The monoisotopic (exact) mass is 286 g/mol. The first kappa shape index (κ1) is 15.9. The van der Waals surface area contributed by atoms with Crippen molar-refractivity contribution in [2.24, 2.45) is 5.41 Å². The molecule has 1 aromatic carbocycles. The second kappa shape index (κ2) is 5.75. The normalized spacial score (nSPS) is 19.1. The first-order valence-corrected chi connectivity index (χ1v) is 7.96. The predicted molar refractivity (Wildman–Crippen MR) is 85.7 cm³/mol. The van der Waals surface area contributed by atoms with Gasteiger partial charge in [0, 0.05) is 12.8 Å². The summed E-state index contributed by atoms with van der Waals surface area (Å²) in [5.41, 5.74) is 4.17. The molecule has 0 unspecified atom stereocenters. The predicted octanol–water partition coefficient (Wildman–Crippen LogP) is 4.43. The van der Waals surface area contributed by atoms with E-state index in [1.807, 2.05) is 20.8 Å². The van der Waals surface area contributed by atoms with Crippen molar-refractivity contribution < 1.29 is 9.59 Å². The fraction of sp³-hybridized carbons (Fsp3) is 0.579. The van der Waals surface area contributed by atoms with E-state index in [2.05, 4.69) is 26.0 Å². The summed E-state index contributed by atoms with van der Waals surface area (Å²) < 4.78 is 0. The molecule has 2 nitrogen and oxygen atoms in total. The van der Waals surface area contributed by atoms with Crippen molar-refractivity contribution in [2.75, 3.05) is 0 Å². The maximum atomic E-state index is 12.7. The maximum Gasteiger partial charge on any atom is 0.148 e. The molecule has 1 aliphatic rings. The van der Waals surface area contributed by atoms with Gasteiger partial charge in [0.15, 0.2) is 0 Å². The topological polar surface area (TPSA) is 34.1 Å². The largest absolute Gasteiger partial charge is 0.299 e. The van der Waals surface area contributed by atoms with Gasteiger partial charge >= 0.3 is 0 Å². The van der Waals surface area contributed by atoms with E-state index in [0.29, 0.717) is 12.8 Å². The SMILES string of the molecule is CCC1(CC)CC(=O)C(c2c(C)cc(C)cc2C)C(=O)C1. The summed E-state index contributed by atoms with van der Waals surface area (Å²) in [5.74, 6) is -0.299. The number of rotatable bonds is 3. The molecular weight excluding hydrogens is 260 g/mol. The van der Waals surface area contributed by atoms with Crippen LogP contribution >= 0.6 is 0 Å². The first-order chi connectivity index (χ1) is 9.83. The Morgan fingerprint density at radius 3 is 1.76 bits per heavy atom. The van der Waals surface area contributed by atoms with Gasteiger partial charge in [0.1, 0.15) is 17.5 Å². The summed E-state index contributed by atoms with van der Waals surface area (Å²) >= 11 is 0. The van der Waals surface area contributed by atoms with Gasteiger partial charge in [-0.25, -0.2) is 0 Å². The maximum absolute atomic E-state index is 12.7. The van der Waals surface area contributed by atoms with E-state index in [-0.39, 0.29) is 17.0 Å². The van der Waals surface area contributed by atoms with Gasteiger partial charge in [-0.2, -0.15) is 0 Å². The molecule has 2 heteroatoms. The lowest BCUT2D eigenvalue weighted by Gasteiger charge is -2.37. The van der Waals surface area contributed by atoms with Gasteiger partial charge in [-0.05, 0) is 55.7 Å². The van der Waals surface area contributed by atoms with Gasteiger partial charge in [0.2, 0.25) is 0 Å². The fourth-order valence-corrected chi connectivity index (χ4v) is 3.90. The van der Waals surface area contributed by atoms with Gasteiger partial charge < -0.3 is 0 Å². The highest BCUT2D eigenvalue weighted by molar-refractivity contribution is 6.10. The summed E-state index contributed by atoms with van der Waals surface area (Å²) in [6, 6.07) is 4.15. The van der Waals surface area contributed by atoms with E-state index in [1.165, 1.54) is 5.56 Å². The second-order valence-corrected chi connectivity index (χ2v) is 6.74. The van der Waals surface area contributed by atoms with Crippen LogP contribution in [0.15, 0.2) is 12.1 Å². The lowest BCUT2D eigenvalue weighted by atomic mass is 9.64. The molecule has 1 aromatic rings. The minimum absolute atomic E-state index is 0.100. The summed E-state index contributed by atoms with van der Waals surface area (Å²) in [6.07, 6.45) is 2.89. The first-order valence-electron chi connectivity index (χ1n) is 7.96. The van der Waals surface area contributed by atoms with Gasteiger partial charge in [-0.3, -0.25) is 9.59 Å². The van der Waals surface area contributed by atoms with Gasteiger partial charge in [0.25, 0.3) is 0 Å². The third-order valence-corrected chi connectivity index (χ3v) is 5.27. The molecule has 114 valence electrons. The average molecular weight is 286 g/mol. The van der Waals surface area contributed by atoms with Crippen LogP contribution in [0.4, 0.5) is 0 Å². The number of carbonyl (C=O) groups excluding carboxylic acids is 2. The van der Waals surface area contributed by atoms with Crippen molar-refractivity contribution in [1.82, 2.24) is 0 Å². The summed E-state index contributed by atoms with van der Waals surface area (Å²) in [5, 5.41) is 0. The van der Waals surface area contributed by atoms with Crippen molar-refractivity contribution in [3.05, 3.63) is 34.4 Å². The highest BCUT2D eigenvalue weighted by Crippen LogP contribution is 2.44. The molecule has 0 amide bonds. The molecule has 0 aromatic heterocycles. The molecule has 0 N–H and O–H groups in total. The number of ketones is 2. The van der Waals surface area contributed by atoms with E-state index in [0.717, 1.165) is 29.5 Å². The summed E-state index contributed by atoms with van der Waals surface area (Å²) in [6.45, 7) is 10.3. The molecule has 0 aliphatic heterocycles. The number of benzene rings is 1. The van der Waals surface area contributed by atoms with Crippen molar-refractivity contribution in [3.8, 4) is 0 Å².